The van der Waals surface area contributed by atoms with Crippen molar-refractivity contribution in [3.63, 3.8) is 0 Å². The Hall–Kier alpha value is -1.39. The van der Waals surface area contributed by atoms with Crippen LogP contribution < -0.4 is 5.32 Å². The largest absolute Gasteiger partial charge is 0.479 e. The summed E-state index contributed by atoms with van der Waals surface area (Å²) in [6, 6.07) is 8.16. The van der Waals surface area contributed by atoms with E-state index in [1.807, 2.05) is 19.1 Å². The zero-order valence-electron chi connectivity index (χ0n) is 11.1. The molecule has 0 aliphatic rings. The SMILES string of the molecule is CCc1ccc(C(C)NCC(C)(O)C(=O)O)cc1. The van der Waals surface area contributed by atoms with Crippen molar-refractivity contribution >= 4 is 5.97 Å². The van der Waals surface area contributed by atoms with Crippen LogP contribution in [0.25, 0.3) is 0 Å². The summed E-state index contributed by atoms with van der Waals surface area (Å²) < 4.78 is 0. The highest BCUT2D eigenvalue weighted by molar-refractivity contribution is 5.76. The summed E-state index contributed by atoms with van der Waals surface area (Å²) >= 11 is 0. The van der Waals surface area contributed by atoms with Gasteiger partial charge in [-0.15, -0.1) is 0 Å². The molecule has 1 aromatic rings. The van der Waals surface area contributed by atoms with Gasteiger partial charge in [0.1, 0.15) is 0 Å². The van der Waals surface area contributed by atoms with E-state index in [0.717, 1.165) is 12.0 Å². The normalized spacial score (nSPS) is 16.0. The molecule has 18 heavy (non-hydrogen) atoms. The monoisotopic (exact) mass is 251 g/mol. The molecule has 0 bridgehead atoms. The van der Waals surface area contributed by atoms with Gasteiger partial charge < -0.3 is 15.5 Å². The van der Waals surface area contributed by atoms with E-state index in [1.54, 1.807) is 0 Å². The number of carbonyl (C=O) groups is 1. The van der Waals surface area contributed by atoms with Gasteiger partial charge in [0.15, 0.2) is 5.60 Å². The molecule has 0 radical (unpaired) electrons. The predicted molar refractivity (Wildman–Crippen MR) is 70.5 cm³/mol. The van der Waals surface area contributed by atoms with E-state index in [2.05, 4.69) is 24.4 Å². The van der Waals surface area contributed by atoms with Gasteiger partial charge in [-0.3, -0.25) is 0 Å². The molecule has 0 fully saturated rings. The van der Waals surface area contributed by atoms with E-state index in [-0.39, 0.29) is 12.6 Å². The first kappa shape index (κ1) is 14.7. The summed E-state index contributed by atoms with van der Waals surface area (Å²) in [5, 5.41) is 21.4. The number of aryl methyl sites for hydroxylation is 1. The van der Waals surface area contributed by atoms with Crippen LogP contribution in [0.15, 0.2) is 24.3 Å². The molecule has 0 spiro atoms. The maximum Gasteiger partial charge on any atom is 0.336 e. The fraction of sp³-hybridized carbons (Fsp3) is 0.500. The standard InChI is InChI=1S/C14H21NO3/c1-4-11-5-7-12(8-6-11)10(2)15-9-14(3,18)13(16)17/h5-8,10,15,18H,4,9H2,1-3H3,(H,16,17). The lowest BCUT2D eigenvalue weighted by atomic mass is 10.0. The first-order valence-corrected chi connectivity index (χ1v) is 6.15. The second-order valence-corrected chi connectivity index (χ2v) is 4.78. The van der Waals surface area contributed by atoms with Crippen molar-refractivity contribution in [2.75, 3.05) is 6.54 Å². The van der Waals surface area contributed by atoms with Gasteiger partial charge in [0.2, 0.25) is 0 Å². The molecule has 3 N–H and O–H groups in total. The van der Waals surface area contributed by atoms with Crippen LogP contribution in [0.1, 0.15) is 37.9 Å². The third-order valence-corrected chi connectivity index (χ3v) is 3.10. The van der Waals surface area contributed by atoms with Crippen molar-refractivity contribution in [1.82, 2.24) is 5.32 Å². The quantitative estimate of drug-likeness (QED) is 0.720. The zero-order valence-corrected chi connectivity index (χ0v) is 11.1. The number of hydrogen-bond donors (Lipinski definition) is 3. The number of rotatable bonds is 6. The molecule has 0 saturated heterocycles. The maximum absolute atomic E-state index is 10.8. The van der Waals surface area contributed by atoms with E-state index in [0.29, 0.717) is 0 Å². The van der Waals surface area contributed by atoms with Crippen molar-refractivity contribution in [2.24, 2.45) is 0 Å². The van der Waals surface area contributed by atoms with Gasteiger partial charge in [0.05, 0.1) is 0 Å². The van der Waals surface area contributed by atoms with Crippen LogP contribution in [-0.4, -0.2) is 28.3 Å². The van der Waals surface area contributed by atoms with Crippen molar-refractivity contribution in [1.29, 1.82) is 0 Å². The highest BCUT2D eigenvalue weighted by Gasteiger charge is 2.29. The number of carboxylic acid groups (broad SMARTS) is 1. The summed E-state index contributed by atoms with van der Waals surface area (Å²) in [4.78, 5) is 10.8. The molecule has 4 nitrogen and oxygen atoms in total. The Kier molecular flexibility index (Phi) is 4.87. The van der Waals surface area contributed by atoms with Crippen molar-refractivity contribution in [2.45, 2.75) is 38.8 Å². The number of benzene rings is 1. The number of carboxylic acids is 1. The fourth-order valence-electron chi connectivity index (χ4n) is 1.59. The fourth-order valence-corrected chi connectivity index (χ4v) is 1.59. The summed E-state index contributed by atoms with van der Waals surface area (Å²) in [5.74, 6) is -1.22. The molecule has 1 rings (SSSR count). The molecule has 2 unspecified atom stereocenters. The molecular weight excluding hydrogens is 230 g/mol. The number of nitrogens with one attached hydrogen (secondary N) is 1. The molecule has 4 heteroatoms. The van der Waals surface area contributed by atoms with E-state index >= 15 is 0 Å². The predicted octanol–water partition coefficient (Wildman–Crippen LogP) is 1.74. The van der Waals surface area contributed by atoms with Crippen LogP contribution >= 0.6 is 0 Å². The van der Waals surface area contributed by atoms with E-state index in [1.165, 1.54) is 12.5 Å². The highest BCUT2D eigenvalue weighted by Crippen LogP contribution is 2.14. The summed E-state index contributed by atoms with van der Waals surface area (Å²) in [6.07, 6.45) is 0.996. The van der Waals surface area contributed by atoms with Crippen LogP contribution in [-0.2, 0) is 11.2 Å². The summed E-state index contributed by atoms with van der Waals surface area (Å²) in [7, 11) is 0. The van der Waals surface area contributed by atoms with Crippen LogP contribution in [0.4, 0.5) is 0 Å². The number of aliphatic carboxylic acids is 1. The average Bonchev–Trinajstić information content (AvgIpc) is 2.36. The van der Waals surface area contributed by atoms with E-state index in [4.69, 9.17) is 5.11 Å². The van der Waals surface area contributed by atoms with Crippen LogP contribution in [0.5, 0.6) is 0 Å². The zero-order chi connectivity index (χ0) is 13.8. The molecule has 0 heterocycles. The molecule has 2 atom stereocenters. The van der Waals surface area contributed by atoms with Gasteiger partial charge in [-0.1, -0.05) is 31.2 Å². The third kappa shape index (κ3) is 3.82. The smallest absolute Gasteiger partial charge is 0.336 e. The van der Waals surface area contributed by atoms with Crippen LogP contribution in [0.2, 0.25) is 0 Å². The molecule has 0 saturated carbocycles. The molecule has 0 aromatic heterocycles. The molecular formula is C14H21NO3. The first-order valence-electron chi connectivity index (χ1n) is 6.15. The Balaban J connectivity index is 2.59. The minimum atomic E-state index is -1.74. The van der Waals surface area contributed by atoms with Gasteiger partial charge >= 0.3 is 5.97 Å². The van der Waals surface area contributed by atoms with Gasteiger partial charge in [-0.05, 0) is 31.4 Å². The summed E-state index contributed by atoms with van der Waals surface area (Å²) in [5.41, 5.74) is 0.606. The Morgan fingerprint density at radius 1 is 1.39 bits per heavy atom. The second kappa shape index (κ2) is 5.98. The lowest BCUT2D eigenvalue weighted by Gasteiger charge is -2.22. The number of hydrogen-bond acceptors (Lipinski definition) is 3. The highest BCUT2D eigenvalue weighted by atomic mass is 16.4. The van der Waals surface area contributed by atoms with Crippen LogP contribution in [0.3, 0.4) is 0 Å². The van der Waals surface area contributed by atoms with Gasteiger partial charge in [-0.2, -0.15) is 0 Å². The van der Waals surface area contributed by atoms with E-state index < -0.39 is 11.6 Å². The minimum absolute atomic E-state index is 0.00160. The Labute approximate surface area is 108 Å². The van der Waals surface area contributed by atoms with Crippen molar-refractivity contribution in [3.8, 4) is 0 Å². The van der Waals surface area contributed by atoms with Crippen molar-refractivity contribution < 1.29 is 15.0 Å². The van der Waals surface area contributed by atoms with Gasteiger partial charge in [0, 0.05) is 12.6 Å². The molecule has 0 aliphatic carbocycles. The topological polar surface area (TPSA) is 69.6 Å². The van der Waals surface area contributed by atoms with Gasteiger partial charge in [0.25, 0.3) is 0 Å². The first-order chi connectivity index (χ1) is 8.36. The van der Waals surface area contributed by atoms with E-state index in [9.17, 15) is 9.90 Å². The Bertz CT molecular complexity index is 398. The second-order valence-electron chi connectivity index (χ2n) is 4.78. The van der Waals surface area contributed by atoms with Gasteiger partial charge in [-0.25, -0.2) is 4.79 Å². The Morgan fingerprint density at radius 2 is 1.94 bits per heavy atom. The minimum Gasteiger partial charge on any atom is -0.479 e. The molecule has 100 valence electrons. The third-order valence-electron chi connectivity index (χ3n) is 3.10. The average molecular weight is 251 g/mol. The molecule has 0 amide bonds. The van der Waals surface area contributed by atoms with Crippen molar-refractivity contribution in [3.05, 3.63) is 35.4 Å². The lowest BCUT2D eigenvalue weighted by Crippen LogP contribution is -2.45. The number of aliphatic hydroxyl groups is 1. The summed E-state index contributed by atoms with van der Waals surface area (Å²) in [6.45, 7) is 5.34. The maximum atomic E-state index is 10.8. The molecule has 1 aromatic carbocycles. The lowest BCUT2D eigenvalue weighted by molar-refractivity contribution is -0.156. The molecule has 0 aliphatic heterocycles. The van der Waals surface area contributed by atoms with Crippen LogP contribution in [0, 0.1) is 0 Å². The Morgan fingerprint density at radius 3 is 2.39 bits per heavy atom.